The molecule has 0 fully saturated rings. The second kappa shape index (κ2) is 4.77. The van der Waals surface area contributed by atoms with Crippen molar-refractivity contribution in [3.05, 3.63) is 58.6 Å². The molecule has 0 saturated carbocycles. The number of nitrogens with zero attached hydrogens (tertiary/aromatic N) is 3. The minimum Gasteiger partial charge on any atom is -0.371 e. The fourth-order valence-corrected chi connectivity index (χ4v) is 2.21. The molecule has 3 rings (SSSR count). The summed E-state index contributed by atoms with van der Waals surface area (Å²) in [5, 5.41) is 2.92. The van der Waals surface area contributed by atoms with E-state index in [9.17, 15) is 4.79 Å². The number of fused-ring (bicyclic) bond motifs is 1. The quantitative estimate of drug-likeness (QED) is 0.772. The third-order valence-electron chi connectivity index (χ3n) is 3.12. The van der Waals surface area contributed by atoms with Crippen LogP contribution in [0.15, 0.2) is 47.4 Å². The normalized spacial score (nSPS) is 10.7. The van der Waals surface area contributed by atoms with Crippen molar-refractivity contribution in [3.8, 4) is 5.69 Å². The highest BCUT2D eigenvalue weighted by Gasteiger charge is 2.12. The number of aromatic nitrogens is 3. The third kappa shape index (κ3) is 1.93. The van der Waals surface area contributed by atoms with Crippen molar-refractivity contribution in [2.45, 2.75) is 6.92 Å². The van der Waals surface area contributed by atoms with Gasteiger partial charge in [0.15, 0.2) is 5.82 Å². The molecule has 0 spiro atoms. The lowest BCUT2D eigenvalue weighted by Gasteiger charge is -2.12. The van der Waals surface area contributed by atoms with E-state index >= 15 is 0 Å². The van der Waals surface area contributed by atoms with Crippen molar-refractivity contribution in [2.24, 2.45) is 0 Å². The Kier molecular flexibility index (Phi) is 2.95. The van der Waals surface area contributed by atoms with E-state index in [2.05, 4.69) is 15.3 Å². The number of rotatable bonds is 2. The molecule has 1 aromatic carbocycles. The molecule has 2 aromatic heterocycles. The van der Waals surface area contributed by atoms with Crippen LogP contribution in [-0.4, -0.2) is 21.6 Å². The van der Waals surface area contributed by atoms with Crippen LogP contribution in [0.2, 0.25) is 0 Å². The molecule has 20 heavy (non-hydrogen) atoms. The van der Waals surface area contributed by atoms with Crippen LogP contribution in [-0.2, 0) is 0 Å². The fourth-order valence-electron chi connectivity index (χ4n) is 2.21. The lowest BCUT2D eigenvalue weighted by molar-refractivity contribution is 0.954. The van der Waals surface area contributed by atoms with Crippen LogP contribution < -0.4 is 11.0 Å². The Labute approximate surface area is 115 Å². The topological polar surface area (TPSA) is 59.8 Å². The first-order chi connectivity index (χ1) is 9.70. The molecule has 0 aliphatic rings. The van der Waals surface area contributed by atoms with Crippen LogP contribution in [0.3, 0.4) is 0 Å². The summed E-state index contributed by atoms with van der Waals surface area (Å²) in [5.74, 6) is 0.497. The standard InChI is InChI=1S/C15H14N4O/c1-10-8-12-13(17-9-10)14(16-2)18-15(20)19(12)11-6-4-3-5-7-11/h3-9H,1-2H3,(H,16,18,20). The van der Waals surface area contributed by atoms with Crippen molar-refractivity contribution in [2.75, 3.05) is 12.4 Å². The van der Waals surface area contributed by atoms with E-state index < -0.39 is 0 Å². The van der Waals surface area contributed by atoms with Gasteiger partial charge in [-0.1, -0.05) is 18.2 Å². The van der Waals surface area contributed by atoms with Crippen LogP contribution in [0.4, 0.5) is 5.82 Å². The smallest absolute Gasteiger partial charge is 0.354 e. The number of hydrogen-bond acceptors (Lipinski definition) is 4. The average Bonchev–Trinajstić information content (AvgIpc) is 2.47. The zero-order valence-corrected chi connectivity index (χ0v) is 11.3. The molecule has 3 aromatic rings. The molecular weight excluding hydrogens is 252 g/mol. The van der Waals surface area contributed by atoms with E-state index in [1.165, 1.54) is 0 Å². The Morgan fingerprint density at radius 2 is 1.95 bits per heavy atom. The molecule has 2 heterocycles. The maximum absolute atomic E-state index is 12.3. The van der Waals surface area contributed by atoms with Gasteiger partial charge in [0, 0.05) is 13.2 Å². The molecule has 5 nitrogen and oxygen atoms in total. The predicted molar refractivity (Wildman–Crippen MR) is 79.4 cm³/mol. The molecule has 0 bridgehead atoms. The minimum absolute atomic E-state index is 0.319. The number of benzene rings is 1. The first-order valence-electron chi connectivity index (χ1n) is 6.33. The van der Waals surface area contributed by atoms with E-state index in [-0.39, 0.29) is 5.69 Å². The first kappa shape index (κ1) is 12.3. The van der Waals surface area contributed by atoms with Crippen molar-refractivity contribution >= 4 is 16.9 Å². The second-order valence-electron chi connectivity index (χ2n) is 4.54. The lowest BCUT2D eigenvalue weighted by Crippen LogP contribution is -2.23. The predicted octanol–water partition coefficient (Wildman–Crippen LogP) is 2.13. The Morgan fingerprint density at radius 3 is 2.65 bits per heavy atom. The summed E-state index contributed by atoms with van der Waals surface area (Å²) in [6.45, 7) is 1.95. The molecule has 0 saturated heterocycles. The van der Waals surface area contributed by atoms with Crippen LogP contribution in [0.1, 0.15) is 5.56 Å². The third-order valence-corrected chi connectivity index (χ3v) is 3.12. The van der Waals surface area contributed by atoms with Gasteiger partial charge in [0.2, 0.25) is 0 Å². The van der Waals surface area contributed by atoms with Crippen molar-refractivity contribution in [3.63, 3.8) is 0 Å². The number of anilines is 1. The van der Waals surface area contributed by atoms with E-state index in [0.717, 1.165) is 16.8 Å². The number of aryl methyl sites for hydroxylation is 1. The van der Waals surface area contributed by atoms with E-state index in [1.807, 2.05) is 43.3 Å². The van der Waals surface area contributed by atoms with Crippen LogP contribution in [0.5, 0.6) is 0 Å². The van der Waals surface area contributed by atoms with Gasteiger partial charge in [0.25, 0.3) is 0 Å². The Bertz CT molecular complexity index is 824. The molecule has 1 N–H and O–H groups in total. The zero-order chi connectivity index (χ0) is 14.1. The van der Waals surface area contributed by atoms with Gasteiger partial charge >= 0.3 is 5.69 Å². The van der Waals surface area contributed by atoms with Gasteiger partial charge in [-0.2, -0.15) is 4.98 Å². The highest BCUT2D eigenvalue weighted by atomic mass is 16.1. The summed E-state index contributed by atoms with van der Waals surface area (Å²) in [7, 11) is 1.73. The van der Waals surface area contributed by atoms with Gasteiger partial charge in [0.1, 0.15) is 5.52 Å². The maximum atomic E-state index is 12.3. The SMILES string of the molecule is CNc1nc(=O)n(-c2ccccc2)c2cc(C)cnc12. The molecular formula is C15H14N4O. The van der Waals surface area contributed by atoms with Crippen LogP contribution >= 0.6 is 0 Å². The number of nitrogens with one attached hydrogen (secondary N) is 1. The number of hydrogen-bond donors (Lipinski definition) is 1. The van der Waals surface area contributed by atoms with Crippen molar-refractivity contribution in [1.82, 2.24) is 14.5 Å². The average molecular weight is 266 g/mol. The fraction of sp³-hybridized carbons (Fsp3) is 0.133. The van der Waals surface area contributed by atoms with Gasteiger partial charge in [-0.25, -0.2) is 4.79 Å². The van der Waals surface area contributed by atoms with Crippen LogP contribution in [0, 0.1) is 6.92 Å². The van der Waals surface area contributed by atoms with Crippen molar-refractivity contribution < 1.29 is 0 Å². The number of para-hydroxylation sites is 1. The Morgan fingerprint density at radius 1 is 1.20 bits per heavy atom. The summed E-state index contributed by atoms with van der Waals surface area (Å²) in [6.07, 6.45) is 1.77. The lowest BCUT2D eigenvalue weighted by atomic mass is 10.2. The monoisotopic (exact) mass is 266 g/mol. The van der Waals surface area contributed by atoms with E-state index in [0.29, 0.717) is 11.3 Å². The van der Waals surface area contributed by atoms with Gasteiger partial charge < -0.3 is 5.32 Å². The molecule has 0 atom stereocenters. The molecule has 5 heteroatoms. The van der Waals surface area contributed by atoms with Gasteiger partial charge in [-0.3, -0.25) is 9.55 Å². The molecule has 0 unspecified atom stereocenters. The summed E-state index contributed by atoms with van der Waals surface area (Å²) in [4.78, 5) is 20.8. The summed E-state index contributed by atoms with van der Waals surface area (Å²) in [5.41, 5.74) is 2.89. The van der Waals surface area contributed by atoms with E-state index in [1.54, 1.807) is 17.8 Å². The van der Waals surface area contributed by atoms with E-state index in [4.69, 9.17) is 0 Å². The maximum Gasteiger partial charge on any atom is 0.354 e. The zero-order valence-electron chi connectivity index (χ0n) is 11.3. The summed E-state index contributed by atoms with van der Waals surface area (Å²) in [6, 6.07) is 11.4. The molecule has 0 amide bonds. The highest BCUT2D eigenvalue weighted by molar-refractivity contribution is 5.86. The molecule has 0 aliphatic carbocycles. The van der Waals surface area contributed by atoms with Gasteiger partial charge in [-0.05, 0) is 30.7 Å². The summed E-state index contributed by atoms with van der Waals surface area (Å²) < 4.78 is 1.58. The Balaban J connectivity index is 2.46. The largest absolute Gasteiger partial charge is 0.371 e. The van der Waals surface area contributed by atoms with Crippen molar-refractivity contribution in [1.29, 1.82) is 0 Å². The van der Waals surface area contributed by atoms with Crippen LogP contribution in [0.25, 0.3) is 16.7 Å². The second-order valence-corrected chi connectivity index (χ2v) is 4.54. The highest BCUT2D eigenvalue weighted by Crippen LogP contribution is 2.20. The molecule has 0 radical (unpaired) electrons. The van der Waals surface area contributed by atoms with Gasteiger partial charge in [-0.15, -0.1) is 0 Å². The minimum atomic E-state index is -0.319. The van der Waals surface area contributed by atoms with Gasteiger partial charge in [0.05, 0.1) is 11.2 Å². The Hall–Kier alpha value is -2.69. The molecule has 0 aliphatic heterocycles. The first-order valence-corrected chi connectivity index (χ1v) is 6.33. The summed E-state index contributed by atoms with van der Waals surface area (Å²) >= 11 is 0. The number of pyridine rings is 1. The molecule has 100 valence electrons.